The molecule has 0 aliphatic carbocycles. The fourth-order valence-corrected chi connectivity index (χ4v) is 5.92. The number of esters is 2. The molecule has 0 aromatic rings. The van der Waals surface area contributed by atoms with Crippen molar-refractivity contribution >= 4 is 11.9 Å². The number of hydrogen-bond acceptors (Lipinski definition) is 7. The van der Waals surface area contributed by atoms with Crippen LogP contribution >= 0.6 is 0 Å². The molecule has 0 aromatic heterocycles. The third-order valence-electron chi connectivity index (χ3n) is 9.07. The first-order chi connectivity index (χ1) is 22.6. The van der Waals surface area contributed by atoms with Crippen molar-refractivity contribution in [2.24, 2.45) is 0 Å². The molecular weight excluding hydrogens is 580 g/mol. The summed E-state index contributed by atoms with van der Waals surface area (Å²) in [6.45, 7) is 4.04. The molecule has 1 N–H and O–H groups in total. The number of carbonyl (C=O) groups excluding carboxylic acids is 2. The van der Waals surface area contributed by atoms with E-state index < -0.39 is 6.10 Å². The van der Waals surface area contributed by atoms with Crippen LogP contribution in [0.4, 0.5) is 0 Å². The number of ether oxygens (including phenoxy) is 4. The van der Waals surface area contributed by atoms with Gasteiger partial charge in [-0.05, 0) is 64.2 Å². The van der Waals surface area contributed by atoms with Crippen LogP contribution in [0.3, 0.4) is 0 Å². The van der Waals surface area contributed by atoms with Gasteiger partial charge in [-0.25, -0.2) is 0 Å². The lowest BCUT2D eigenvalue weighted by Crippen LogP contribution is -2.28. The highest BCUT2D eigenvalue weighted by Gasteiger charge is 2.37. The molecule has 0 spiro atoms. The van der Waals surface area contributed by atoms with Crippen molar-refractivity contribution in [1.29, 1.82) is 0 Å². The normalized spacial score (nSPS) is 21.2. The number of aliphatic hydroxyl groups excluding tert-OH is 1. The second kappa shape index (κ2) is 27.3. The van der Waals surface area contributed by atoms with Gasteiger partial charge < -0.3 is 24.1 Å². The number of unbranched alkanes of at least 4 members (excludes halogenated alkanes) is 14. The highest BCUT2D eigenvalue weighted by Crippen LogP contribution is 2.31. The molecule has 0 saturated carbocycles. The lowest BCUT2D eigenvalue weighted by atomic mass is 10.1. The SMILES string of the molecule is CCCCC[C@H]1O[C@H]1CC=CCCCCCCCC(=O)OC[C@H](CO)OC(=O)CCCCCCCC=CC[C@@H]1O[C@@H]1CCCCC. The average molecular weight is 649 g/mol. The van der Waals surface area contributed by atoms with E-state index in [9.17, 15) is 14.7 Å². The summed E-state index contributed by atoms with van der Waals surface area (Å²) >= 11 is 0. The van der Waals surface area contributed by atoms with Gasteiger partial charge in [0.25, 0.3) is 0 Å². The zero-order valence-corrected chi connectivity index (χ0v) is 29.5. The maximum atomic E-state index is 12.2. The van der Waals surface area contributed by atoms with Gasteiger partial charge in [0.2, 0.25) is 0 Å². The third kappa shape index (κ3) is 22.0. The van der Waals surface area contributed by atoms with E-state index in [-0.39, 0.29) is 25.2 Å². The van der Waals surface area contributed by atoms with Crippen molar-refractivity contribution in [3.05, 3.63) is 24.3 Å². The monoisotopic (exact) mass is 648 g/mol. The summed E-state index contributed by atoms with van der Waals surface area (Å²) in [4.78, 5) is 24.2. The van der Waals surface area contributed by atoms with E-state index in [0.29, 0.717) is 37.3 Å². The highest BCUT2D eigenvalue weighted by molar-refractivity contribution is 5.70. The lowest BCUT2D eigenvalue weighted by molar-refractivity contribution is -0.161. The zero-order valence-electron chi connectivity index (χ0n) is 29.5. The van der Waals surface area contributed by atoms with Crippen LogP contribution in [0.15, 0.2) is 24.3 Å². The minimum absolute atomic E-state index is 0.0846. The molecule has 2 rings (SSSR count). The van der Waals surface area contributed by atoms with Crippen LogP contribution in [0.5, 0.6) is 0 Å². The molecule has 0 radical (unpaired) electrons. The number of hydrogen-bond donors (Lipinski definition) is 1. The van der Waals surface area contributed by atoms with Crippen molar-refractivity contribution in [1.82, 2.24) is 0 Å². The zero-order chi connectivity index (χ0) is 33.1. The number of carbonyl (C=O) groups is 2. The van der Waals surface area contributed by atoms with Crippen LogP contribution in [0.25, 0.3) is 0 Å². The topological polar surface area (TPSA) is 97.9 Å². The van der Waals surface area contributed by atoms with Gasteiger partial charge in [-0.15, -0.1) is 0 Å². The van der Waals surface area contributed by atoms with Gasteiger partial charge in [0.1, 0.15) is 6.61 Å². The summed E-state index contributed by atoms with van der Waals surface area (Å²) in [5, 5.41) is 9.55. The molecule has 5 atom stereocenters. The molecule has 2 aliphatic heterocycles. The van der Waals surface area contributed by atoms with Gasteiger partial charge in [0, 0.05) is 12.8 Å². The van der Waals surface area contributed by atoms with E-state index in [0.717, 1.165) is 77.0 Å². The Morgan fingerprint density at radius 2 is 1.09 bits per heavy atom. The van der Waals surface area contributed by atoms with Crippen LogP contribution in [0, 0.1) is 0 Å². The molecule has 266 valence electrons. The first kappa shape index (κ1) is 40.5. The van der Waals surface area contributed by atoms with E-state index in [1.807, 2.05) is 0 Å². The van der Waals surface area contributed by atoms with Gasteiger partial charge in [-0.1, -0.05) is 115 Å². The Morgan fingerprint density at radius 1 is 0.609 bits per heavy atom. The van der Waals surface area contributed by atoms with Crippen molar-refractivity contribution in [3.63, 3.8) is 0 Å². The minimum atomic E-state index is -0.789. The highest BCUT2D eigenvalue weighted by atomic mass is 16.6. The molecule has 2 heterocycles. The van der Waals surface area contributed by atoms with Crippen molar-refractivity contribution < 1.29 is 33.6 Å². The third-order valence-corrected chi connectivity index (χ3v) is 9.07. The molecule has 2 aliphatic rings. The smallest absolute Gasteiger partial charge is 0.306 e. The number of allylic oxidation sites excluding steroid dienone is 2. The quantitative estimate of drug-likeness (QED) is 0.0336. The minimum Gasteiger partial charge on any atom is -0.462 e. The standard InChI is InChI=1S/C39H68O7/c1-3-5-19-25-34-36(45-34)27-21-15-11-7-9-13-17-23-29-38(41)43-32-33(31-40)44-39(42)30-24-18-14-10-8-12-16-22-28-37-35(46-37)26-20-6-4-2/h15-16,21-22,33-37,40H,3-14,17-20,23-32H2,1-2H3/t33-,34+,35+,36-,37-/m0/s1. The fraction of sp³-hybridized carbons (Fsp3) is 0.846. The number of epoxide rings is 2. The molecule has 7 nitrogen and oxygen atoms in total. The summed E-state index contributed by atoms with van der Waals surface area (Å²) in [5.41, 5.74) is 0. The second-order valence-corrected chi connectivity index (χ2v) is 13.4. The second-order valence-electron chi connectivity index (χ2n) is 13.4. The van der Waals surface area contributed by atoms with Crippen LogP contribution in [0.1, 0.15) is 168 Å². The summed E-state index contributed by atoms with van der Waals surface area (Å²) in [7, 11) is 0. The molecular formula is C39H68O7. The summed E-state index contributed by atoms with van der Waals surface area (Å²) < 4.78 is 22.0. The van der Waals surface area contributed by atoms with E-state index in [1.54, 1.807) is 0 Å². The van der Waals surface area contributed by atoms with Gasteiger partial charge >= 0.3 is 11.9 Å². The largest absolute Gasteiger partial charge is 0.462 e. The van der Waals surface area contributed by atoms with Crippen molar-refractivity contribution in [2.75, 3.05) is 13.2 Å². The molecule has 46 heavy (non-hydrogen) atoms. The van der Waals surface area contributed by atoms with Crippen molar-refractivity contribution in [3.8, 4) is 0 Å². The Morgan fingerprint density at radius 3 is 1.59 bits per heavy atom. The summed E-state index contributed by atoms with van der Waals surface area (Å²) in [6, 6.07) is 0. The summed E-state index contributed by atoms with van der Waals surface area (Å²) in [6.07, 6.45) is 35.8. The van der Waals surface area contributed by atoms with Crippen LogP contribution in [-0.2, 0) is 28.5 Å². The van der Waals surface area contributed by atoms with Gasteiger partial charge in [-0.3, -0.25) is 9.59 Å². The van der Waals surface area contributed by atoms with Gasteiger partial charge in [-0.2, -0.15) is 0 Å². The Kier molecular flexibility index (Phi) is 24.0. The van der Waals surface area contributed by atoms with E-state index in [1.165, 1.54) is 64.2 Å². The van der Waals surface area contributed by atoms with Crippen LogP contribution in [-0.4, -0.2) is 60.8 Å². The molecule has 2 saturated heterocycles. The maximum Gasteiger partial charge on any atom is 0.306 e. The molecule has 0 unspecified atom stereocenters. The van der Waals surface area contributed by atoms with Crippen LogP contribution in [0.2, 0.25) is 0 Å². The van der Waals surface area contributed by atoms with E-state index >= 15 is 0 Å². The molecule has 0 bridgehead atoms. The van der Waals surface area contributed by atoms with Gasteiger partial charge in [0.05, 0.1) is 31.0 Å². The first-order valence-electron chi connectivity index (χ1n) is 19.1. The number of aliphatic hydroxyl groups is 1. The first-order valence-corrected chi connectivity index (χ1v) is 19.1. The van der Waals surface area contributed by atoms with E-state index in [4.69, 9.17) is 18.9 Å². The predicted molar refractivity (Wildman–Crippen MR) is 186 cm³/mol. The average Bonchev–Trinajstić information content (AvgIpc) is 3.98. The molecule has 7 heteroatoms. The number of rotatable bonds is 32. The Labute approximate surface area is 281 Å². The maximum absolute atomic E-state index is 12.2. The van der Waals surface area contributed by atoms with Gasteiger partial charge in [0.15, 0.2) is 6.10 Å². The lowest BCUT2D eigenvalue weighted by Gasteiger charge is -2.15. The Hall–Kier alpha value is -1.70. The van der Waals surface area contributed by atoms with E-state index in [2.05, 4.69) is 38.2 Å². The summed E-state index contributed by atoms with van der Waals surface area (Å²) in [5.74, 6) is -0.634. The molecule has 0 amide bonds. The predicted octanol–water partition coefficient (Wildman–Crippen LogP) is 9.48. The molecule has 0 aromatic carbocycles. The fourth-order valence-electron chi connectivity index (χ4n) is 5.92. The van der Waals surface area contributed by atoms with Crippen LogP contribution < -0.4 is 0 Å². The Bertz CT molecular complexity index is 825. The van der Waals surface area contributed by atoms with Crippen molar-refractivity contribution in [2.45, 2.75) is 198 Å². The Balaban J connectivity index is 1.32. The molecule has 2 fully saturated rings.